The number of carbonyl (C=O) groups excluding carboxylic acids is 1. The molecule has 1 amide bonds. The zero-order chi connectivity index (χ0) is 14.8. The summed E-state index contributed by atoms with van der Waals surface area (Å²) in [5.41, 5.74) is -0.528. The van der Waals surface area contributed by atoms with Crippen LogP contribution in [0.4, 0.5) is 13.2 Å². The van der Waals surface area contributed by atoms with Crippen molar-refractivity contribution in [2.45, 2.75) is 37.9 Å². The fourth-order valence-electron chi connectivity index (χ4n) is 2.43. The molecule has 0 bridgehead atoms. The number of amides is 1. The van der Waals surface area contributed by atoms with Gasteiger partial charge in [-0.15, -0.1) is 0 Å². The van der Waals surface area contributed by atoms with Crippen LogP contribution >= 0.6 is 0 Å². The van der Waals surface area contributed by atoms with Crippen LogP contribution in [0.15, 0.2) is 23.1 Å². The molecule has 110 valence electrons. The topological polar surface area (TPSA) is 62.0 Å². The summed E-state index contributed by atoms with van der Waals surface area (Å²) in [6, 6.07) is 2.60. The van der Waals surface area contributed by atoms with Gasteiger partial charge in [-0.3, -0.25) is 9.59 Å². The zero-order valence-corrected chi connectivity index (χ0v) is 10.7. The molecule has 2 N–H and O–H groups in total. The molecule has 1 saturated carbocycles. The van der Waals surface area contributed by atoms with Crippen molar-refractivity contribution in [1.82, 2.24) is 10.3 Å². The van der Waals surface area contributed by atoms with Crippen molar-refractivity contribution >= 4 is 5.91 Å². The second-order valence-electron chi connectivity index (χ2n) is 4.98. The predicted octanol–water partition coefficient (Wildman–Crippen LogP) is 2.23. The van der Waals surface area contributed by atoms with Crippen molar-refractivity contribution in [3.05, 3.63) is 34.2 Å². The summed E-state index contributed by atoms with van der Waals surface area (Å²) in [7, 11) is 0. The Kier molecular flexibility index (Phi) is 4.15. The third-order valence-electron chi connectivity index (χ3n) is 3.59. The van der Waals surface area contributed by atoms with E-state index >= 15 is 0 Å². The Labute approximate surface area is 113 Å². The van der Waals surface area contributed by atoms with Crippen molar-refractivity contribution in [2.24, 2.45) is 5.92 Å². The smallest absolute Gasteiger partial charge is 0.349 e. The lowest BCUT2D eigenvalue weighted by Crippen LogP contribution is -2.41. The molecular weight excluding hydrogens is 273 g/mol. The number of rotatable bonds is 2. The highest BCUT2D eigenvalue weighted by atomic mass is 19.4. The van der Waals surface area contributed by atoms with Crippen molar-refractivity contribution < 1.29 is 18.0 Å². The first-order valence-corrected chi connectivity index (χ1v) is 6.43. The third kappa shape index (κ3) is 3.40. The van der Waals surface area contributed by atoms with E-state index in [-0.39, 0.29) is 37.3 Å². The molecule has 1 fully saturated rings. The van der Waals surface area contributed by atoms with Gasteiger partial charge < -0.3 is 10.3 Å². The van der Waals surface area contributed by atoms with Gasteiger partial charge in [0.25, 0.3) is 11.5 Å². The van der Waals surface area contributed by atoms with Gasteiger partial charge in [0, 0.05) is 12.2 Å². The molecule has 0 radical (unpaired) electrons. The summed E-state index contributed by atoms with van der Waals surface area (Å²) < 4.78 is 37.5. The van der Waals surface area contributed by atoms with Crippen molar-refractivity contribution in [2.75, 3.05) is 0 Å². The minimum atomic E-state index is -4.16. The first-order chi connectivity index (χ1) is 9.38. The molecular formula is C13H15F3N2O2. The molecule has 0 aromatic carbocycles. The number of hydrogen-bond donors (Lipinski definition) is 2. The van der Waals surface area contributed by atoms with E-state index in [4.69, 9.17) is 0 Å². The lowest BCUT2D eigenvalue weighted by Gasteiger charge is -2.30. The van der Waals surface area contributed by atoms with E-state index in [1.165, 1.54) is 18.3 Å². The number of aromatic amines is 1. The van der Waals surface area contributed by atoms with Crippen LogP contribution < -0.4 is 10.9 Å². The summed E-state index contributed by atoms with van der Waals surface area (Å²) >= 11 is 0. The van der Waals surface area contributed by atoms with E-state index < -0.39 is 23.6 Å². The van der Waals surface area contributed by atoms with Crippen LogP contribution in [0, 0.1) is 5.92 Å². The SMILES string of the molecule is O=C(NC1CCC(C(F)(F)F)CC1)c1ccc[nH]c1=O. The molecule has 0 atom stereocenters. The number of aromatic nitrogens is 1. The van der Waals surface area contributed by atoms with Crippen LogP contribution in [0.25, 0.3) is 0 Å². The van der Waals surface area contributed by atoms with Gasteiger partial charge in [0.1, 0.15) is 5.56 Å². The van der Waals surface area contributed by atoms with Crippen LogP contribution in [-0.2, 0) is 0 Å². The summed E-state index contributed by atoms with van der Waals surface area (Å²) in [6.07, 6.45) is -2.17. The van der Waals surface area contributed by atoms with E-state index in [9.17, 15) is 22.8 Å². The highest BCUT2D eigenvalue weighted by Gasteiger charge is 2.41. The number of H-pyrrole nitrogens is 1. The van der Waals surface area contributed by atoms with Crippen LogP contribution in [0.1, 0.15) is 36.0 Å². The quantitative estimate of drug-likeness (QED) is 0.876. The van der Waals surface area contributed by atoms with E-state index in [0.29, 0.717) is 0 Å². The monoisotopic (exact) mass is 288 g/mol. The molecule has 7 heteroatoms. The highest BCUT2D eigenvalue weighted by Crippen LogP contribution is 2.37. The number of carbonyl (C=O) groups is 1. The summed E-state index contributed by atoms with van der Waals surface area (Å²) in [4.78, 5) is 25.7. The summed E-state index contributed by atoms with van der Waals surface area (Å²) in [5, 5.41) is 2.62. The van der Waals surface area contributed by atoms with Crippen molar-refractivity contribution in [1.29, 1.82) is 0 Å². The fourth-order valence-corrected chi connectivity index (χ4v) is 2.43. The lowest BCUT2D eigenvalue weighted by molar-refractivity contribution is -0.182. The molecule has 0 unspecified atom stereocenters. The number of hydrogen-bond acceptors (Lipinski definition) is 2. The largest absolute Gasteiger partial charge is 0.391 e. The molecule has 1 heterocycles. The zero-order valence-electron chi connectivity index (χ0n) is 10.7. The minimum absolute atomic E-state index is 0.0135. The molecule has 0 aliphatic heterocycles. The summed E-state index contributed by atoms with van der Waals surface area (Å²) in [6.45, 7) is 0. The van der Waals surface area contributed by atoms with Gasteiger partial charge in [0.05, 0.1) is 5.92 Å². The summed E-state index contributed by atoms with van der Waals surface area (Å²) in [5.74, 6) is -1.82. The van der Waals surface area contributed by atoms with Gasteiger partial charge in [-0.25, -0.2) is 0 Å². The number of alkyl halides is 3. The second kappa shape index (κ2) is 5.68. The molecule has 1 aromatic rings. The van der Waals surface area contributed by atoms with Gasteiger partial charge in [-0.2, -0.15) is 13.2 Å². The predicted molar refractivity (Wildman–Crippen MR) is 66.3 cm³/mol. The first kappa shape index (κ1) is 14.6. The van der Waals surface area contributed by atoms with Gasteiger partial charge >= 0.3 is 6.18 Å². The average Bonchev–Trinajstić information content (AvgIpc) is 2.38. The highest BCUT2D eigenvalue weighted by molar-refractivity contribution is 5.93. The maximum Gasteiger partial charge on any atom is 0.391 e. The molecule has 4 nitrogen and oxygen atoms in total. The Morgan fingerprint density at radius 1 is 1.25 bits per heavy atom. The first-order valence-electron chi connectivity index (χ1n) is 6.43. The average molecular weight is 288 g/mol. The van der Waals surface area contributed by atoms with E-state index in [2.05, 4.69) is 10.3 Å². The van der Waals surface area contributed by atoms with Crippen LogP contribution in [-0.4, -0.2) is 23.1 Å². The van der Waals surface area contributed by atoms with Crippen LogP contribution in [0.5, 0.6) is 0 Å². The molecule has 1 aliphatic rings. The number of pyridine rings is 1. The van der Waals surface area contributed by atoms with Gasteiger partial charge in [-0.05, 0) is 37.8 Å². The molecule has 0 saturated heterocycles. The molecule has 1 aliphatic carbocycles. The Balaban J connectivity index is 1.92. The number of halogens is 3. The molecule has 20 heavy (non-hydrogen) atoms. The second-order valence-corrected chi connectivity index (χ2v) is 4.98. The molecule has 2 rings (SSSR count). The van der Waals surface area contributed by atoms with E-state index in [0.717, 1.165) is 0 Å². The third-order valence-corrected chi connectivity index (χ3v) is 3.59. The lowest BCUT2D eigenvalue weighted by atomic mass is 9.85. The Hall–Kier alpha value is -1.79. The minimum Gasteiger partial charge on any atom is -0.349 e. The Morgan fingerprint density at radius 2 is 1.90 bits per heavy atom. The van der Waals surface area contributed by atoms with Gasteiger partial charge in [-0.1, -0.05) is 0 Å². The normalized spacial score (nSPS) is 23.4. The van der Waals surface area contributed by atoms with E-state index in [1.54, 1.807) is 0 Å². The maximum absolute atomic E-state index is 12.5. The van der Waals surface area contributed by atoms with Crippen LogP contribution in [0.2, 0.25) is 0 Å². The standard InChI is InChI=1S/C13H15F3N2O2/c14-13(15,16)8-3-5-9(6-4-8)18-12(20)10-2-1-7-17-11(10)19/h1-2,7-9H,3-6H2,(H,17,19)(H,18,20). The maximum atomic E-state index is 12.5. The van der Waals surface area contributed by atoms with Crippen molar-refractivity contribution in [3.63, 3.8) is 0 Å². The Bertz CT molecular complexity index is 531. The Morgan fingerprint density at radius 3 is 2.45 bits per heavy atom. The van der Waals surface area contributed by atoms with E-state index in [1.807, 2.05) is 0 Å². The molecule has 0 spiro atoms. The van der Waals surface area contributed by atoms with Crippen molar-refractivity contribution in [3.8, 4) is 0 Å². The van der Waals surface area contributed by atoms with Gasteiger partial charge in [0.15, 0.2) is 0 Å². The molecule has 1 aromatic heterocycles. The van der Waals surface area contributed by atoms with Crippen LogP contribution in [0.3, 0.4) is 0 Å². The van der Waals surface area contributed by atoms with Gasteiger partial charge in [0.2, 0.25) is 0 Å². The number of nitrogens with one attached hydrogen (secondary N) is 2. The fraction of sp³-hybridized carbons (Fsp3) is 0.538.